The number of halogens is 4. The first-order valence-electron chi connectivity index (χ1n) is 14.5. The average molecular weight is 650 g/mol. The minimum absolute atomic E-state index is 0.0392. The maximum atomic E-state index is 14.2. The fourth-order valence-electron chi connectivity index (χ4n) is 5.36. The quantitative estimate of drug-likeness (QED) is 0.247. The number of hydrogen-bond donors (Lipinski definition) is 1. The second kappa shape index (κ2) is 14.5. The first-order chi connectivity index (χ1) is 20.9. The molecule has 0 aromatic heterocycles. The Bertz CT molecular complexity index is 1550. The molecule has 1 atom stereocenters. The normalized spacial score (nSPS) is 14.9. The van der Waals surface area contributed by atoms with Crippen LogP contribution in [-0.4, -0.2) is 43.8 Å². The molecular weight excluding hydrogens is 615 g/mol. The van der Waals surface area contributed by atoms with Gasteiger partial charge in [0.15, 0.2) is 0 Å². The number of benzene rings is 3. The van der Waals surface area contributed by atoms with Crippen molar-refractivity contribution in [2.75, 3.05) is 10.8 Å². The zero-order chi connectivity index (χ0) is 31.9. The number of carbonyl (C=O) groups is 2. The molecule has 2 amide bonds. The zero-order valence-corrected chi connectivity index (χ0v) is 25.8. The Hall–Kier alpha value is -3.57. The summed E-state index contributed by atoms with van der Waals surface area (Å²) in [6.45, 7) is 0.774. The van der Waals surface area contributed by atoms with Gasteiger partial charge in [0.2, 0.25) is 11.8 Å². The molecule has 0 heterocycles. The van der Waals surface area contributed by atoms with Gasteiger partial charge in [-0.05, 0) is 61.2 Å². The summed E-state index contributed by atoms with van der Waals surface area (Å²) in [6.07, 6.45) is 0.146. The summed E-state index contributed by atoms with van der Waals surface area (Å²) < 4.78 is 69.4. The number of hydrogen-bond acceptors (Lipinski definition) is 4. The third-order valence-electron chi connectivity index (χ3n) is 7.71. The summed E-state index contributed by atoms with van der Waals surface area (Å²) >= 11 is 6.42. The molecule has 0 radical (unpaired) electrons. The second-order valence-corrected chi connectivity index (χ2v) is 13.0. The number of anilines is 1. The highest BCUT2D eigenvalue weighted by Crippen LogP contribution is 2.33. The molecule has 12 heteroatoms. The van der Waals surface area contributed by atoms with Crippen LogP contribution in [0.3, 0.4) is 0 Å². The molecular formula is C32H35ClF3N3O4S. The van der Waals surface area contributed by atoms with Gasteiger partial charge in [0.05, 0.1) is 16.1 Å². The Balaban J connectivity index is 1.75. The van der Waals surface area contributed by atoms with E-state index in [0.717, 1.165) is 44.2 Å². The van der Waals surface area contributed by atoms with Crippen molar-refractivity contribution >= 4 is 39.1 Å². The zero-order valence-electron chi connectivity index (χ0n) is 24.3. The van der Waals surface area contributed by atoms with Crippen molar-refractivity contribution < 1.29 is 31.2 Å². The van der Waals surface area contributed by atoms with Gasteiger partial charge in [-0.15, -0.1) is 0 Å². The summed E-state index contributed by atoms with van der Waals surface area (Å²) in [5, 5.41) is 3.39. The number of alkyl halides is 3. The van der Waals surface area contributed by atoms with Crippen molar-refractivity contribution in [1.29, 1.82) is 0 Å². The van der Waals surface area contributed by atoms with E-state index in [9.17, 15) is 31.2 Å². The van der Waals surface area contributed by atoms with E-state index in [1.807, 2.05) is 0 Å². The van der Waals surface area contributed by atoms with Gasteiger partial charge >= 0.3 is 6.18 Å². The van der Waals surface area contributed by atoms with Gasteiger partial charge in [-0.25, -0.2) is 8.42 Å². The minimum atomic E-state index is -4.75. The summed E-state index contributed by atoms with van der Waals surface area (Å²) in [6, 6.07) is 16.7. The molecule has 1 fully saturated rings. The van der Waals surface area contributed by atoms with Crippen molar-refractivity contribution in [3.05, 3.63) is 95.0 Å². The predicted molar refractivity (Wildman–Crippen MR) is 164 cm³/mol. The van der Waals surface area contributed by atoms with Gasteiger partial charge in [-0.2, -0.15) is 13.2 Å². The van der Waals surface area contributed by atoms with Crippen molar-refractivity contribution in [1.82, 2.24) is 10.2 Å². The van der Waals surface area contributed by atoms with Gasteiger partial charge in [0, 0.05) is 17.6 Å². The fraction of sp³-hybridized carbons (Fsp3) is 0.375. The van der Waals surface area contributed by atoms with E-state index in [4.69, 9.17) is 11.6 Å². The Kier molecular flexibility index (Phi) is 11.0. The summed E-state index contributed by atoms with van der Waals surface area (Å²) in [4.78, 5) is 28.8. The molecule has 0 unspecified atom stereocenters. The fourth-order valence-corrected chi connectivity index (χ4v) is 6.98. The van der Waals surface area contributed by atoms with Gasteiger partial charge < -0.3 is 10.2 Å². The van der Waals surface area contributed by atoms with E-state index < -0.39 is 40.3 Å². The third kappa shape index (κ3) is 8.12. The second-order valence-electron chi connectivity index (χ2n) is 10.8. The SMILES string of the molecule is CC[C@H](C(=O)NC1CCCCC1)N(Cc1ccccc1Cl)C(=O)CN(c1cccc(C(F)(F)F)c1)S(=O)(=O)c1ccccc1. The maximum absolute atomic E-state index is 14.2. The van der Waals surface area contributed by atoms with Crippen LogP contribution in [0.1, 0.15) is 56.6 Å². The van der Waals surface area contributed by atoms with Crippen LogP contribution in [0.4, 0.5) is 18.9 Å². The summed E-state index contributed by atoms with van der Waals surface area (Å²) in [7, 11) is -4.51. The Labute approximate surface area is 261 Å². The lowest BCUT2D eigenvalue weighted by atomic mass is 9.95. The van der Waals surface area contributed by atoms with Crippen molar-refractivity contribution in [3.8, 4) is 0 Å². The lowest BCUT2D eigenvalue weighted by molar-refractivity contribution is -0.140. The van der Waals surface area contributed by atoms with Crippen LogP contribution < -0.4 is 9.62 Å². The standard InChI is InChI=1S/C32H35ClF3N3O4S/c1-2-29(31(41)37-25-14-5-3-6-15-25)38(21-23-12-9-10-19-28(23)33)30(40)22-39(44(42,43)27-17-7-4-8-18-27)26-16-11-13-24(20-26)32(34,35)36/h4,7-13,16-20,25,29H,2-3,5-6,14-15,21-22H2,1H3,(H,37,41)/t29-/m1/s1. The van der Waals surface area contributed by atoms with Crippen molar-refractivity contribution in [2.24, 2.45) is 0 Å². The lowest BCUT2D eigenvalue weighted by Crippen LogP contribution is -2.54. The van der Waals surface area contributed by atoms with E-state index in [-0.39, 0.29) is 35.5 Å². The van der Waals surface area contributed by atoms with Crippen LogP contribution in [-0.2, 0) is 32.3 Å². The smallest absolute Gasteiger partial charge is 0.352 e. The highest BCUT2D eigenvalue weighted by molar-refractivity contribution is 7.92. The van der Waals surface area contributed by atoms with Crippen LogP contribution >= 0.6 is 11.6 Å². The molecule has 1 saturated carbocycles. The molecule has 1 aliphatic carbocycles. The molecule has 3 aromatic rings. The number of nitrogens with one attached hydrogen (secondary N) is 1. The van der Waals surface area contributed by atoms with Gasteiger partial charge in [0.1, 0.15) is 12.6 Å². The third-order valence-corrected chi connectivity index (χ3v) is 9.86. The lowest BCUT2D eigenvalue weighted by Gasteiger charge is -2.34. The number of carbonyl (C=O) groups excluding carboxylic acids is 2. The largest absolute Gasteiger partial charge is 0.416 e. The first-order valence-corrected chi connectivity index (χ1v) is 16.3. The topological polar surface area (TPSA) is 86.8 Å². The van der Waals surface area contributed by atoms with E-state index in [1.54, 1.807) is 37.3 Å². The Morgan fingerprint density at radius 1 is 0.955 bits per heavy atom. The molecule has 1 aliphatic rings. The highest BCUT2D eigenvalue weighted by atomic mass is 35.5. The first kappa shape index (κ1) is 33.3. The van der Waals surface area contributed by atoms with Gasteiger partial charge in [-0.3, -0.25) is 13.9 Å². The number of sulfonamides is 1. The molecule has 236 valence electrons. The van der Waals surface area contributed by atoms with Crippen molar-refractivity contribution in [2.45, 2.75) is 75.1 Å². The monoisotopic (exact) mass is 649 g/mol. The van der Waals surface area contributed by atoms with Crippen LogP contribution in [0, 0.1) is 0 Å². The van der Waals surface area contributed by atoms with E-state index in [0.29, 0.717) is 21.0 Å². The molecule has 1 N–H and O–H groups in total. The predicted octanol–water partition coefficient (Wildman–Crippen LogP) is 6.81. The number of rotatable bonds is 11. The van der Waals surface area contributed by atoms with E-state index in [2.05, 4.69) is 5.32 Å². The number of amides is 2. The molecule has 4 rings (SSSR count). The molecule has 0 spiro atoms. The van der Waals surface area contributed by atoms with Crippen LogP contribution in [0.15, 0.2) is 83.8 Å². The van der Waals surface area contributed by atoms with E-state index in [1.165, 1.54) is 35.2 Å². The number of nitrogens with zero attached hydrogens (tertiary/aromatic N) is 2. The van der Waals surface area contributed by atoms with Gasteiger partial charge in [-0.1, -0.05) is 80.3 Å². The van der Waals surface area contributed by atoms with Crippen LogP contribution in [0.5, 0.6) is 0 Å². The molecule has 3 aromatic carbocycles. The van der Waals surface area contributed by atoms with E-state index >= 15 is 0 Å². The van der Waals surface area contributed by atoms with Crippen LogP contribution in [0.25, 0.3) is 0 Å². The molecule has 0 bridgehead atoms. The highest BCUT2D eigenvalue weighted by Gasteiger charge is 2.36. The Morgan fingerprint density at radius 3 is 2.25 bits per heavy atom. The molecule has 7 nitrogen and oxygen atoms in total. The summed E-state index contributed by atoms with van der Waals surface area (Å²) in [5.41, 5.74) is -0.876. The minimum Gasteiger partial charge on any atom is -0.352 e. The maximum Gasteiger partial charge on any atom is 0.416 e. The van der Waals surface area contributed by atoms with Gasteiger partial charge in [0.25, 0.3) is 10.0 Å². The average Bonchev–Trinajstić information content (AvgIpc) is 3.01. The van der Waals surface area contributed by atoms with Crippen LogP contribution in [0.2, 0.25) is 5.02 Å². The summed E-state index contributed by atoms with van der Waals surface area (Å²) in [5.74, 6) is -1.15. The Morgan fingerprint density at radius 2 is 1.61 bits per heavy atom. The molecule has 0 saturated heterocycles. The molecule has 0 aliphatic heterocycles. The van der Waals surface area contributed by atoms with Crippen molar-refractivity contribution in [3.63, 3.8) is 0 Å². The molecule has 44 heavy (non-hydrogen) atoms.